The minimum atomic E-state index is -0.321. The van der Waals surface area contributed by atoms with Crippen molar-refractivity contribution in [2.45, 2.75) is 6.61 Å². The molecule has 0 saturated heterocycles. The molecule has 0 N–H and O–H groups in total. The van der Waals surface area contributed by atoms with Crippen LogP contribution in [0.3, 0.4) is 0 Å². The topological polar surface area (TPSA) is 26.3 Å². The molecular formula is C14H10ClFO2. The molecule has 0 atom stereocenters. The monoisotopic (exact) mass is 264 g/mol. The van der Waals surface area contributed by atoms with Gasteiger partial charge < -0.3 is 4.74 Å². The maximum absolute atomic E-state index is 13.0. The van der Waals surface area contributed by atoms with Gasteiger partial charge in [-0.15, -0.1) is 0 Å². The summed E-state index contributed by atoms with van der Waals surface area (Å²) in [6.45, 7) is 0.180. The molecular weight excluding hydrogens is 255 g/mol. The molecule has 0 aliphatic carbocycles. The van der Waals surface area contributed by atoms with Crippen molar-refractivity contribution in [2.24, 2.45) is 0 Å². The van der Waals surface area contributed by atoms with E-state index in [9.17, 15) is 9.18 Å². The summed E-state index contributed by atoms with van der Waals surface area (Å²) >= 11 is 5.87. The SMILES string of the molecule is O=Cc1c(Cl)cccc1OCc1cccc(F)c1. The van der Waals surface area contributed by atoms with Crippen molar-refractivity contribution in [3.05, 3.63) is 64.4 Å². The Labute approximate surface area is 109 Å². The Kier molecular flexibility index (Phi) is 3.95. The summed E-state index contributed by atoms with van der Waals surface area (Å²) < 4.78 is 18.4. The van der Waals surface area contributed by atoms with Gasteiger partial charge in [-0.25, -0.2) is 4.39 Å². The van der Waals surface area contributed by atoms with Crippen molar-refractivity contribution < 1.29 is 13.9 Å². The zero-order valence-electron chi connectivity index (χ0n) is 9.40. The van der Waals surface area contributed by atoms with Crippen molar-refractivity contribution >= 4 is 17.9 Å². The fraction of sp³-hybridized carbons (Fsp3) is 0.0714. The molecule has 0 unspecified atom stereocenters. The van der Waals surface area contributed by atoms with Crippen molar-refractivity contribution in [2.75, 3.05) is 0 Å². The lowest BCUT2D eigenvalue weighted by molar-refractivity contribution is 0.111. The number of aldehydes is 1. The quantitative estimate of drug-likeness (QED) is 0.784. The molecule has 0 aliphatic heterocycles. The normalized spacial score (nSPS) is 10.1. The molecule has 4 heteroatoms. The lowest BCUT2D eigenvalue weighted by Crippen LogP contribution is -1.99. The Morgan fingerprint density at radius 2 is 2.00 bits per heavy atom. The van der Waals surface area contributed by atoms with Gasteiger partial charge in [0.2, 0.25) is 0 Å². The van der Waals surface area contributed by atoms with Gasteiger partial charge in [-0.2, -0.15) is 0 Å². The number of halogens is 2. The highest BCUT2D eigenvalue weighted by Gasteiger charge is 2.07. The third-order valence-electron chi connectivity index (χ3n) is 2.41. The maximum Gasteiger partial charge on any atom is 0.155 e. The molecule has 92 valence electrons. The van der Waals surface area contributed by atoms with E-state index in [4.69, 9.17) is 16.3 Å². The van der Waals surface area contributed by atoms with E-state index in [1.54, 1.807) is 30.3 Å². The molecule has 0 amide bonds. The Bertz CT molecular complexity index is 569. The molecule has 0 spiro atoms. The summed E-state index contributed by atoms with van der Waals surface area (Å²) in [7, 11) is 0. The van der Waals surface area contributed by atoms with Gasteiger partial charge in [0.25, 0.3) is 0 Å². The van der Waals surface area contributed by atoms with E-state index >= 15 is 0 Å². The van der Waals surface area contributed by atoms with E-state index in [2.05, 4.69) is 0 Å². The Morgan fingerprint density at radius 1 is 1.22 bits per heavy atom. The third kappa shape index (κ3) is 2.87. The van der Waals surface area contributed by atoms with Crippen molar-refractivity contribution in [1.29, 1.82) is 0 Å². The van der Waals surface area contributed by atoms with Crippen LogP contribution < -0.4 is 4.74 Å². The molecule has 0 aliphatic rings. The van der Waals surface area contributed by atoms with Gasteiger partial charge in [-0.05, 0) is 29.8 Å². The first-order chi connectivity index (χ1) is 8.70. The predicted molar refractivity (Wildman–Crippen MR) is 67.6 cm³/mol. The van der Waals surface area contributed by atoms with Gasteiger partial charge in [0, 0.05) is 0 Å². The lowest BCUT2D eigenvalue weighted by atomic mass is 10.2. The lowest BCUT2D eigenvalue weighted by Gasteiger charge is -2.09. The van der Waals surface area contributed by atoms with E-state index in [-0.39, 0.29) is 12.4 Å². The van der Waals surface area contributed by atoms with Crippen LogP contribution in [0.2, 0.25) is 5.02 Å². The average Bonchev–Trinajstić information content (AvgIpc) is 2.36. The van der Waals surface area contributed by atoms with Crippen LogP contribution in [0.25, 0.3) is 0 Å². The van der Waals surface area contributed by atoms with Crippen LogP contribution in [-0.4, -0.2) is 6.29 Å². The summed E-state index contributed by atoms with van der Waals surface area (Å²) in [5.74, 6) is 0.0690. The first-order valence-corrected chi connectivity index (χ1v) is 5.69. The zero-order valence-corrected chi connectivity index (χ0v) is 10.2. The summed E-state index contributed by atoms with van der Waals surface area (Å²) in [5, 5.41) is 0.335. The number of benzene rings is 2. The van der Waals surface area contributed by atoms with Crippen LogP contribution in [0.5, 0.6) is 5.75 Å². The predicted octanol–water partition coefficient (Wildman–Crippen LogP) is 3.87. The average molecular weight is 265 g/mol. The number of ether oxygens (including phenoxy) is 1. The highest BCUT2D eigenvalue weighted by Crippen LogP contribution is 2.25. The van der Waals surface area contributed by atoms with E-state index in [1.165, 1.54) is 12.1 Å². The van der Waals surface area contributed by atoms with Gasteiger partial charge in [0.05, 0.1) is 10.6 Å². The van der Waals surface area contributed by atoms with Crippen molar-refractivity contribution in [1.82, 2.24) is 0 Å². The third-order valence-corrected chi connectivity index (χ3v) is 2.74. The maximum atomic E-state index is 13.0. The second-order valence-corrected chi connectivity index (χ2v) is 4.10. The summed E-state index contributed by atoms with van der Waals surface area (Å²) in [6.07, 6.45) is 0.642. The Morgan fingerprint density at radius 3 is 2.72 bits per heavy atom. The number of hydrogen-bond acceptors (Lipinski definition) is 2. The largest absolute Gasteiger partial charge is 0.488 e. The molecule has 0 radical (unpaired) electrons. The number of carbonyl (C=O) groups is 1. The van der Waals surface area contributed by atoms with E-state index < -0.39 is 0 Å². The molecule has 2 aromatic rings. The second kappa shape index (κ2) is 5.65. The van der Waals surface area contributed by atoms with Gasteiger partial charge in [0.15, 0.2) is 6.29 Å². The minimum Gasteiger partial charge on any atom is -0.488 e. The van der Waals surface area contributed by atoms with Gasteiger partial charge in [-0.1, -0.05) is 29.8 Å². The Hall–Kier alpha value is -1.87. The van der Waals surface area contributed by atoms with E-state index in [0.717, 1.165) is 0 Å². The first kappa shape index (κ1) is 12.6. The highest BCUT2D eigenvalue weighted by molar-refractivity contribution is 6.33. The van der Waals surface area contributed by atoms with Crippen LogP contribution in [0.15, 0.2) is 42.5 Å². The molecule has 0 saturated carbocycles. The summed E-state index contributed by atoms with van der Waals surface area (Å²) in [5.41, 5.74) is 0.988. The molecule has 2 nitrogen and oxygen atoms in total. The number of hydrogen-bond donors (Lipinski definition) is 0. The summed E-state index contributed by atoms with van der Waals surface area (Å²) in [4.78, 5) is 10.9. The van der Waals surface area contributed by atoms with Crippen LogP contribution in [0.4, 0.5) is 4.39 Å². The van der Waals surface area contributed by atoms with Gasteiger partial charge in [-0.3, -0.25) is 4.79 Å². The number of carbonyl (C=O) groups excluding carboxylic acids is 1. The zero-order chi connectivity index (χ0) is 13.0. The molecule has 18 heavy (non-hydrogen) atoms. The van der Waals surface area contributed by atoms with Crippen LogP contribution >= 0.6 is 11.6 Å². The van der Waals surface area contributed by atoms with Crippen LogP contribution in [0.1, 0.15) is 15.9 Å². The van der Waals surface area contributed by atoms with Gasteiger partial charge in [0.1, 0.15) is 18.2 Å². The van der Waals surface area contributed by atoms with E-state index in [1.807, 2.05) is 0 Å². The molecule has 0 heterocycles. The molecule has 2 rings (SSSR count). The molecule has 0 fully saturated rings. The smallest absolute Gasteiger partial charge is 0.155 e. The second-order valence-electron chi connectivity index (χ2n) is 3.69. The van der Waals surface area contributed by atoms with Crippen molar-refractivity contribution in [3.63, 3.8) is 0 Å². The fourth-order valence-corrected chi connectivity index (χ4v) is 1.76. The van der Waals surface area contributed by atoms with Gasteiger partial charge >= 0.3 is 0 Å². The minimum absolute atomic E-state index is 0.180. The molecule has 2 aromatic carbocycles. The molecule has 0 bridgehead atoms. The fourth-order valence-electron chi connectivity index (χ4n) is 1.55. The van der Waals surface area contributed by atoms with Crippen molar-refractivity contribution in [3.8, 4) is 5.75 Å². The number of rotatable bonds is 4. The van der Waals surface area contributed by atoms with Crippen LogP contribution in [0, 0.1) is 5.82 Å². The summed E-state index contributed by atoms with van der Waals surface area (Å²) in [6, 6.07) is 11.0. The van der Waals surface area contributed by atoms with E-state index in [0.29, 0.717) is 28.2 Å². The first-order valence-electron chi connectivity index (χ1n) is 5.31. The highest BCUT2D eigenvalue weighted by atomic mass is 35.5. The van der Waals surface area contributed by atoms with Crippen LogP contribution in [-0.2, 0) is 6.61 Å². The Balaban J connectivity index is 2.15. The standard InChI is InChI=1S/C14H10ClFO2/c15-13-5-2-6-14(12(13)8-17)18-9-10-3-1-4-11(16)7-10/h1-8H,9H2. The molecule has 0 aromatic heterocycles.